The van der Waals surface area contributed by atoms with Gasteiger partial charge in [0.2, 0.25) is 0 Å². The van der Waals surface area contributed by atoms with E-state index in [1.54, 1.807) is 23.5 Å². The van der Waals surface area contributed by atoms with Crippen molar-refractivity contribution in [1.29, 1.82) is 0 Å². The Morgan fingerprint density at radius 1 is 0.912 bits per heavy atom. The molecule has 168 valence electrons. The second-order valence-corrected chi connectivity index (χ2v) is 9.11. The molecule has 0 aliphatic carbocycles. The number of hydrogen-bond donors (Lipinski definition) is 1. The number of aryl methyl sites for hydroxylation is 2. The smallest absolute Gasteiger partial charge is 0.252 e. The minimum absolute atomic E-state index is 0.257. The molecule has 34 heavy (non-hydrogen) atoms. The number of carbonyl (C=O) groups is 1. The van der Waals surface area contributed by atoms with Gasteiger partial charge in [0, 0.05) is 34.1 Å². The Labute approximate surface area is 201 Å². The van der Waals surface area contributed by atoms with Crippen molar-refractivity contribution < 1.29 is 9.18 Å². The van der Waals surface area contributed by atoms with Crippen LogP contribution in [-0.4, -0.2) is 15.9 Å². The van der Waals surface area contributed by atoms with E-state index in [0.29, 0.717) is 28.7 Å². The molecule has 0 unspecified atom stereocenters. The van der Waals surface area contributed by atoms with Crippen molar-refractivity contribution in [2.24, 2.45) is 0 Å². The summed E-state index contributed by atoms with van der Waals surface area (Å²) in [6, 6.07) is 22.3. The maximum atomic E-state index is 13.8. The average molecular weight is 468 g/mol. The standard InChI is InChI=1S/C28H22FN3OS/c1-17-3-7-20(8-4-17)26-16-34-28(32-26)21-9-5-19(6-10-21)15-30-27(33)24-13-18(2)31-25-12-11-22(29)14-23(24)25/h3-14,16H,15H2,1-2H3,(H,30,33). The van der Waals surface area contributed by atoms with E-state index in [4.69, 9.17) is 4.98 Å². The molecule has 0 saturated heterocycles. The molecule has 0 atom stereocenters. The number of hydrogen-bond acceptors (Lipinski definition) is 4. The van der Waals surface area contributed by atoms with Crippen LogP contribution in [0.4, 0.5) is 4.39 Å². The lowest BCUT2D eigenvalue weighted by molar-refractivity contribution is 0.0952. The van der Waals surface area contributed by atoms with E-state index in [9.17, 15) is 9.18 Å². The van der Waals surface area contributed by atoms with E-state index in [-0.39, 0.29) is 5.91 Å². The van der Waals surface area contributed by atoms with Gasteiger partial charge in [-0.2, -0.15) is 0 Å². The lowest BCUT2D eigenvalue weighted by Gasteiger charge is -2.10. The molecule has 0 fully saturated rings. The van der Waals surface area contributed by atoms with Gasteiger partial charge in [0.15, 0.2) is 0 Å². The normalized spacial score (nSPS) is 11.0. The number of rotatable bonds is 5. The third-order valence-electron chi connectivity index (χ3n) is 5.65. The van der Waals surface area contributed by atoms with Gasteiger partial charge in [-0.15, -0.1) is 11.3 Å². The van der Waals surface area contributed by atoms with Crippen LogP contribution >= 0.6 is 11.3 Å². The number of nitrogens with one attached hydrogen (secondary N) is 1. The van der Waals surface area contributed by atoms with Crippen molar-refractivity contribution in [2.45, 2.75) is 20.4 Å². The lowest BCUT2D eigenvalue weighted by Crippen LogP contribution is -2.23. The zero-order valence-corrected chi connectivity index (χ0v) is 19.6. The maximum absolute atomic E-state index is 13.8. The van der Waals surface area contributed by atoms with Crippen LogP contribution in [0.3, 0.4) is 0 Å². The Hall–Kier alpha value is -3.90. The molecule has 0 radical (unpaired) electrons. The van der Waals surface area contributed by atoms with Crippen molar-refractivity contribution in [2.75, 3.05) is 0 Å². The molecule has 0 saturated carbocycles. The summed E-state index contributed by atoms with van der Waals surface area (Å²) >= 11 is 1.61. The molecule has 0 bridgehead atoms. The molecular weight excluding hydrogens is 445 g/mol. The quantitative estimate of drug-likeness (QED) is 0.312. The van der Waals surface area contributed by atoms with Gasteiger partial charge in [0.25, 0.3) is 5.91 Å². The first-order valence-corrected chi connectivity index (χ1v) is 11.8. The van der Waals surface area contributed by atoms with Crippen LogP contribution in [0, 0.1) is 19.7 Å². The van der Waals surface area contributed by atoms with E-state index in [1.165, 1.54) is 17.7 Å². The molecule has 5 rings (SSSR count). The Balaban J connectivity index is 1.29. The van der Waals surface area contributed by atoms with E-state index in [0.717, 1.165) is 27.4 Å². The summed E-state index contributed by atoms with van der Waals surface area (Å²) in [5.41, 5.74) is 7.02. The second kappa shape index (κ2) is 9.15. The molecule has 0 aliphatic heterocycles. The zero-order valence-electron chi connectivity index (χ0n) is 18.8. The highest BCUT2D eigenvalue weighted by atomic mass is 32.1. The lowest BCUT2D eigenvalue weighted by atomic mass is 10.1. The Morgan fingerprint density at radius 3 is 2.41 bits per heavy atom. The van der Waals surface area contributed by atoms with Crippen LogP contribution in [0.5, 0.6) is 0 Å². The fourth-order valence-electron chi connectivity index (χ4n) is 3.82. The molecular formula is C28H22FN3OS. The number of benzene rings is 3. The number of fused-ring (bicyclic) bond motifs is 1. The number of aromatic nitrogens is 2. The summed E-state index contributed by atoms with van der Waals surface area (Å²) in [5, 5.41) is 6.47. The predicted molar refractivity (Wildman–Crippen MR) is 135 cm³/mol. The average Bonchev–Trinajstić information content (AvgIpc) is 3.33. The minimum Gasteiger partial charge on any atom is -0.348 e. The van der Waals surface area contributed by atoms with Gasteiger partial charge >= 0.3 is 0 Å². The van der Waals surface area contributed by atoms with Gasteiger partial charge in [-0.25, -0.2) is 9.37 Å². The van der Waals surface area contributed by atoms with Gasteiger partial charge in [-0.05, 0) is 43.7 Å². The van der Waals surface area contributed by atoms with Gasteiger partial charge < -0.3 is 5.32 Å². The number of halogens is 1. The zero-order chi connectivity index (χ0) is 23.7. The summed E-state index contributed by atoms with van der Waals surface area (Å²) < 4.78 is 13.8. The first-order valence-electron chi connectivity index (χ1n) is 10.9. The summed E-state index contributed by atoms with van der Waals surface area (Å²) in [7, 11) is 0. The Kier molecular flexibility index (Phi) is 5.90. The number of pyridine rings is 1. The highest BCUT2D eigenvalue weighted by molar-refractivity contribution is 7.13. The van der Waals surface area contributed by atoms with Crippen molar-refractivity contribution in [3.63, 3.8) is 0 Å². The van der Waals surface area contributed by atoms with Gasteiger partial charge in [-0.1, -0.05) is 54.1 Å². The van der Waals surface area contributed by atoms with Crippen LogP contribution in [0.15, 0.2) is 78.2 Å². The first-order chi connectivity index (χ1) is 16.5. The molecule has 4 nitrogen and oxygen atoms in total. The molecule has 2 aromatic heterocycles. The van der Waals surface area contributed by atoms with Crippen molar-refractivity contribution in [3.05, 3.63) is 106 Å². The van der Waals surface area contributed by atoms with Gasteiger partial charge in [0.1, 0.15) is 10.8 Å². The highest BCUT2D eigenvalue weighted by Crippen LogP contribution is 2.29. The highest BCUT2D eigenvalue weighted by Gasteiger charge is 2.13. The van der Waals surface area contributed by atoms with E-state index in [2.05, 4.69) is 46.9 Å². The molecule has 3 aromatic carbocycles. The summed E-state index contributed by atoms with van der Waals surface area (Å²) in [4.78, 5) is 22.0. The fraction of sp³-hybridized carbons (Fsp3) is 0.107. The molecule has 0 aliphatic rings. The van der Waals surface area contributed by atoms with Crippen LogP contribution in [-0.2, 0) is 6.54 Å². The van der Waals surface area contributed by atoms with E-state index < -0.39 is 5.82 Å². The molecule has 0 spiro atoms. The Morgan fingerprint density at radius 2 is 1.65 bits per heavy atom. The van der Waals surface area contributed by atoms with Crippen LogP contribution in [0.25, 0.3) is 32.7 Å². The molecule has 1 amide bonds. The third kappa shape index (κ3) is 4.58. The van der Waals surface area contributed by atoms with E-state index in [1.807, 2.05) is 31.2 Å². The SMILES string of the molecule is Cc1ccc(-c2csc(-c3ccc(CNC(=O)c4cc(C)nc5ccc(F)cc45)cc3)n2)cc1. The van der Waals surface area contributed by atoms with Crippen molar-refractivity contribution in [3.8, 4) is 21.8 Å². The molecule has 2 heterocycles. The number of nitrogens with zero attached hydrogens (tertiary/aromatic N) is 2. The third-order valence-corrected chi connectivity index (χ3v) is 6.54. The van der Waals surface area contributed by atoms with Crippen molar-refractivity contribution >= 4 is 28.1 Å². The molecule has 6 heteroatoms. The monoisotopic (exact) mass is 467 g/mol. The molecule has 5 aromatic rings. The minimum atomic E-state index is -0.393. The summed E-state index contributed by atoms with van der Waals surface area (Å²) in [6.45, 7) is 4.26. The topological polar surface area (TPSA) is 54.9 Å². The number of thiazole rings is 1. The summed E-state index contributed by atoms with van der Waals surface area (Å²) in [5.74, 6) is -0.650. The van der Waals surface area contributed by atoms with Crippen molar-refractivity contribution in [1.82, 2.24) is 15.3 Å². The second-order valence-electron chi connectivity index (χ2n) is 8.26. The predicted octanol–water partition coefficient (Wildman–Crippen LogP) is 6.71. The maximum Gasteiger partial charge on any atom is 0.252 e. The van der Waals surface area contributed by atoms with Crippen LogP contribution in [0.1, 0.15) is 27.2 Å². The number of carbonyl (C=O) groups excluding carboxylic acids is 1. The Bertz CT molecular complexity index is 1490. The van der Waals surface area contributed by atoms with Gasteiger partial charge in [-0.3, -0.25) is 9.78 Å². The van der Waals surface area contributed by atoms with Crippen LogP contribution in [0.2, 0.25) is 0 Å². The summed E-state index contributed by atoms with van der Waals surface area (Å²) in [6.07, 6.45) is 0. The first kappa shape index (κ1) is 21.9. The number of amides is 1. The van der Waals surface area contributed by atoms with E-state index >= 15 is 0 Å². The van der Waals surface area contributed by atoms with Gasteiger partial charge in [0.05, 0.1) is 16.8 Å². The largest absolute Gasteiger partial charge is 0.348 e. The fourth-order valence-corrected chi connectivity index (χ4v) is 4.66. The molecule has 1 N–H and O–H groups in total. The van der Waals surface area contributed by atoms with Crippen LogP contribution < -0.4 is 5.32 Å².